The number of rotatable bonds is 7. The zero-order valence-corrected chi connectivity index (χ0v) is 11.8. The van der Waals surface area contributed by atoms with Crippen molar-refractivity contribution >= 4 is 27.4 Å². The average molecular weight is 279 g/mol. The summed E-state index contributed by atoms with van der Waals surface area (Å²) in [5, 5.41) is 0. The van der Waals surface area contributed by atoms with Crippen LogP contribution in [0.4, 0.5) is 0 Å². The molecule has 5 nitrogen and oxygen atoms in total. The average Bonchev–Trinajstić information content (AvgIpc) is 2.76. The smallest absolute Gasteiger partial charge is 0.280 e. The van der Waals surface area contributed by atoms with Crippen molar-refractivity contribution in [3.05, 3.63) is 0 Å². The van der Waals surface area contributed by atoms with Crippen molar-refractivity contribution in [1.29, 1.82) is 0 Å². The van der Waals surface area contributed by atoms with Gasteiger partial charge in [0.2, 0.25) is 0 Å². The fourth-order valence-electron chi connectivity index (χ4n) is 2.07. The minimum absolute atomic E-state index is 0.0471. The van der Waals surface area contributed by atoms with Crippen LogP contribution in [0.5, 0.6) is 0 Å². The molecule has 0 aromatic carbocycles. The molecule has 1 rings (SSSR count). The molecular formula is C10H21N3O2S2. The number of nitrogens with one attached hydrogen (secondary N) is 1. The van der Waals surface area contributed by atoms with Crippen molar-refractivity contribution in [2.75, 3.05) is 13.1 Å². The lowest BCUT2D eigenvalue weighted by atomic mass is 10.2. The topological polar surface area (TPSA) is 75.4 Å². The van der Waals surface area contributed by atoms with Crippen molar-refractivity contribution in [2.24, 2.45) is 5.73 Å². The molecule has 0 heterocycles. The molecule has 0 saturated heterocycles. The fourth-order valence-corrected chi connectivity index (χ4v) is 3.83. The minimum Gasteiger partial charge on any atom is -0.392 e. The van der Waals surface area contributed by atoms with E-state index in [9.17, 15) is 8.42 Å². The Morgan fingerprint density at radius 2 is 2.06 bits per heavy atom. The van der Waals surface area contributed by atoms with E-state index in [4.69, 9.17) is 18.0 Å². The largest absolute Gasteiger partial charge is 0.392 e. The van der Waals surface area contributed by atoms with Gasteiger partial charge in [-0.2, -0.15) is 12.7 Å². The predicted molar refractivity (Wildman–Crippen MR) is 73.0 cm³/mol. The van der Waals surface area contributed by atoms with Crippen LogP contribution in [0.1, 0.15) is 39.0 Å². The van der Waals surface area contributed by atoms with Crippen LogP contribution in [-0.2, 0) is 10.2 Å². The van der Waals surface area contributed by atoms with Crippen molar-refractivity contribution in [1.82, 2.24) is 9.03 Å². The zero-order valence-electron chi connectivity index (χ0n) is 10.2. The van der Waals surface area contributed by atoms with E-state index in [0.717, 1.165) is 32.1 Å². The Balaban J connectivity index is 2.76. The Bertz CT molecular complexity index is 351. The van der Waals surface area contributed by atoms with E-state index in [1.165, 1.54) is 4.31 Å². The highest BCUT2D eigenvalue weighted by molar-refractivity contribution is 7.87. The molecule has 0 amide bonds. The van der Waals surface area contributed by atoms with E-state index >= 15 is 0 Å². The van der Waals surface area contributed by atoms with Gasteiger partial charge in [-0.15, -0.1) is 0 Å². The molecule has 0 aromatic rings. The van der Waals surface area contributed by atoms with Crippen LogP contribution in [0.25, 0.3) is 0 Å². The SMILES string of the molecule is CCCNS(=O)(=O)N(CC(N)=S)C1CCCC1. The molecule has 0 bridgehead atoms. The number of hydrogen-bond acceptors (Lipinski definition) is 3. The van der Waals surface area contributed by atoms with Gasteiger partial charge in [0.25, 0.3) is 10.2 Å². The number of nitrogens with zero attached hydrogens (tertiary/aromatic N) is 1. The zero-order chi connectivity index (χ0) is 12.9. The molecule has 0 radical (unpaired) electrons. The van der Waals surface area contributed by atoms with Crippen molar-refractivity contribution in [2.45, 2.75) is 45.1 Å². The first kappa shape index (κ1) is 14.8. The Hall–Kier alpha value is -0.240. The summed E-state index contributed by atoms with van der Waals surface area (Å²) in [5.74, 6) is 0. The van der Waals surface area contributed by atoms with E-state index in [2.05, 4.69) is 4.72 Å². The normalized spacial score (nSPS) is 17.8. The van der Waals surface area contributed by atoms with Gasteiger partial charge in [-0.05, 0) is 19.3 Å². The van der Waals surface area contributed by atoms with Gasteiger partial charge in [-0.3, -0.25) is 0 Å². The highest BCUT2D eigenvalue weighted by atomic mass is 32.2. The van der Waals surface area contributed by atoms with E-state index in [-0.39, 0.29) is 17.6 Å². The fraction of sp³-hybridized carbons (Fsp3) is 0.900. The van der Waals surface area contributed by atoms with Crippen molar-refractivity contribution in [3.8, 4) is 0 Å². The maximum absolute atomic E-state index is 12.1. The lowest BCUT2D eigenvalue weighted by molar-refractivity contribution is 0.349. The summed E-state index contributed by atoms with van der Waals surface area (Å²) in [4.78, 5) is 0.221. The summed E-state index contributed by atoms with van der Waals surface area (Å²) < 4.78 is 28.2. The molecule has 100 valence electrons. The second kappa shape index (κ2) is 6.63. The van der Waals surface area contributed by atoms with Crippen LogP contribution in [0, 0.1) is 0 Å². The summed E-state index contributed by atoms with van der Waals surface area (Å²) in [5.41, 5.74) is 5.48. The van der Waals surface area contributed by atoms with Crippen LogP contribution in [0.3, 0.4) is 0 Å². The number of hydrogen-bond donors (Lipinski definition) is 2. The van der Waals surface area contributed by atoms with Gasteiger partial charge in [0.15, 0.2) is 0 Å². The summed E-state index contributed by atoms with van der Waals surface area (Å²) in [6.07, 6.45) is 4.71. The molecule has 3 N–H and O–H groups in total. The van der Waals surface area contributed by atoms with Crippen LogP contribution in [-0.4, -0.2) is 36.8 Å². The van der Waals surface area contributed by atoms with E-state index in [1.54, 1.807) is 0 Å². The standard InChI is InChI=1S/C10H21N3O2S2/c1-2-7-12-17(14,15)13(8-10(11)16)9-5-3-4-6-9/h9,12H,2-8H2,1H3,(H2,11,16). The van der Waals surface area contributed by atoms with Gasteiger partial charge in [-0.25, -0.2) is 4.72 Å². The third kappa shape index (κ3) is 4.50. The Morgan fingerprint density at radius 3 is 2.53 bits per heavy atom. The molecule has 1 aliphatic rings. The van der Waals surface area contributed by atoms with Crippen LogP contribution < -0.4 is 10.5 Å². The maximum Gasteiger partial charge on any atom is 0.280 e. The molecule has 7 heteroatoms. The first-order chi connectivity index (χ1) is 7.97. The first-order valence-corrected chi connectivity index (χ1v) is 7.87. The Morgan fingerprint density at radius 1 is 1.47 bits per heavy atom. The lowest BCUT2D eigenvalue weighted by Crippen LogP contribution is -2.49. The van der Waals surface area contributed by atoms with Crippen molar-refractivity contribution in [3.63, 3.8) is 0 Å². The molecule has 1 fully saturated rings. The second-order valence-corrected chi connectivity index (χ2v) is 6.58. The summed E-state index contributed by atoms with van der Waals surface area (Å²) in [6.45, 7) is 2.51. The van der Waals surface area contributed by atoms with Crippen molar-refractivity contribution < 1.29 is 8.42 Å². The summed E-state index contributed by atoms with van der Waals surface area (Å²) in [6, 6.07) is 0.0471. The van der Waals surface area contributed by atoms with Gasteiger partial charge in [-0.1, -0.05) is 32.0 Å². The van der Waals surface area contributed by atoms with Gasteiger partial charge in [0, 0.05) is 12.6 Å². The van der Waals surface area contributed by atoms with Gasteiger partial charge in [0.05, 0.1) is 11.5 Å². The third-order valence-electron chi connectivity index (χ3n) is 2.89. The summed E-state index contributed by atoms with van der Waals surface area (Å²) >= 11 is 4.83. The Labute approximate surface area is 109 Å². The van der Waals surface area contributed by atoms with Gasteiger partial charge in [0.1, 0.15) is 0 Å². The van der Waals surface area contributed by atoms with Crippen LogP contribution in [0.2, 0.25) is 0 Å². The quantitative estimate of drug-likeness (QED) is 0.675. The number of nitrogens with two attached hydrogens (primary N) is 1. The molecule has 0 spiro atoms. The Kier molecular flexibility index (Phi) is 5.78. The molecule has 0 atom stereocenters. The molecule has 0 unspecified atom stereocenters. The molecule has 1 aliphatic carbocycles. The van der Waals surface area contributed by atoms with Crippen LogP contribution >= 0.6 is 12.2 Å². The van der Waals surface area contributed by atoms with Gasteiger partial charge < -0.3 is 5.73 Å². The maximum atomic E-state index is 12.1. The second-order valence-electron chi connectivity index (χ2n) is 4.35. The van der Waals surface area contributed by atoms with Crippen LogP contribution in [0.15, 0.2) is 0 Å². The number of thiocarbonyl (C=S) groups is 1. The minimum atomic E-state index is -3.45. The van der Waals surface area contributed by atoms with E-state index < -0.39 is 10.2 Å². The first-order valence-electron chi connectivity index (χ1n) is 6.02. The lowest BCUT2D eigenvalue weighted by Gasteiger charge is -2.27. The third-order valence-corrected chi connectivity index (χ3v) is 4.63. The highest BCUT2D eigenvalue weighted by Crippen LogP contribution is 2.25. The van der Waals surface area contributed by atoms with E-state index in [1.807, 2.05) is 6.92 Å². The molecule has 17 heavy (non-hydrogen) atoms. The van der Waals surface area contributed by atoms with E-state index in [0.29, 0.717) is 6.54 Å². The predicted octanol–water partition coefficient (Wildman–Crippen LogP) is 0.761. The monoisotopic (exact) mass is 279 g/mol. The molecular weight excluding hydrogens is 258 g/mol. The molecule has 1 saturated carbocycles. The highest BCUT2D eigenvalue weighted by Gasteiger charge is 2.31. The van der Waals surface area contributed by atoms with Gasteiger partial charge >= 0.3 is 0 Å². The summed E-state index contributed by atoms with van der Waals surface area (Å²) in [7, 11) is -3.45. The molecule has 0 aromatic heterocycles. The molecule has 0 aliphatic heterocycles.